The second kappa shape index (κ2) is 31.6. The van der Waals surface area contributed by atoms with E-state index in [1.165, 1.54) is 0 Å². The van der Waals surface area contributed by atoms with Gasteiger partial charge in [-0.25, -0.2) is 0 Å². The smallest absolute Gasteiger partial charge is 0.187 e. The minimum Gasteiger partial charge on any atom is -0.394 e. The fraction of sp³-hybridized carbons (Fsp3) is 1.00. The minimum atomic E-state index is -2.24. The number of hydrogen-bond acceptors (Lipinski definition) is 34. The molecular formula is C64H108O34. The minimum absolute atomic E-state index is 0.0150. The van der Waals surface area contributed by atoms with Gasteiger partial charge in [0, 0.05) is 19.4 Å². The molecule has 42 atom stereocenters. The van der Waals surface area contributed by atoms with Crippen LogP contribution in [0.25, 0.3) is 0 Å². The lowest BCUT2D eigenvalue weighted by Gasteiger charge is -2.61. The van der Waals surface area contributed by atoms with Gasteiger partial charge in [-0.15, -0.1) is 0 Å². The lowest BCUT2D eigenvalue weighted by Crippen LogP contribution is -2.69. The van der Waals surface area contributed by atoms with E-state index in [4.69, 9.17) is 66.3 Å². The van der Waals surface area contributed by atoms with Crippen LogP contribution < -0.4 is 0 Å². The van der Waals surface area contributed by atoms with Crippen LogP contribution in [-0.2, 0) is 66.3 Å². The van der Waals surface area contributed by atoms with E-state index in [0.29, 0.717) is 43.4 Å². The van der Waals surface area contributed by atoms with Gasteiger partial charge in [-0.1, -0.05) is 27.7 Å². The summed E-state index contributed by atoms with van der Waals surface area (Å²) in [5, 5.41) is 216. The zero-order valence-corrected chi connectivity index (χ0v) is 55.7. The maximum Gasteiger partial charge on any atom is 0.187 e. The van der Waals surface area contributed by atoms with Gasteiger partial charge in [0.15, 0.2) is 43.5 Å². The average molecular weight is 1420 g/mol. The molecule has 7 heterocycles. The van der Waals surface area contributed by atoms with Crippen LogP contribution in [0.4, 0.5) is 0 Å². The number of ether oxygens (including phenoxy) is 14. The van der Waals surface area contributed by atoms with Crippen molar-refractivity contribution >= 4 is 0 Å². The number of aliphatic hydroxyl groups is 20. The molecule has 0 aromatic carbocycles. The molecule has 98 heavy (non-hydrogen) atoms. The second-order valence-electron chi connectivity index (χ2n) is 30.1. The number of aliphatic hydroxyl groups excluding tert-OH is 20. The maximum absolute atomic E-state index is 12.1. The highest BCUT2D eigenvalue weighted by Gasteiger charge is 2.69. The van der Waals surface area contributed by atoms with E-state index in [9.17, 15) is 102 Å². The molecule has 11 fully saturated rings. The first-order chi connectivity index (χ1) is 46.6. The Kier molecular flexibility index (Phi) is 25.1. The Morgan fingerprint density at radius 3 is 1.43 bits per heavy atom. The molecular weight excluding hydrogens is 1310 g/mol. The fourth-order valence-electron chi connectivity index (χ4n) is 18.9. The van der Waals surface area contributed by atoms with Gasteiger partial charge in [-0.05, 0) is 104 Å². The highest BCUT2D eigenvalue weighted by Crippen LogP contribution is 2.71. The molecule has 568 valence electrons. The van der Waals surface area contributed by atoms with Crippen LogP contribution in [0.15, 0.2) is 0 Å². The van der Waals surface area contributed by atoms with Crippen LogP contribution in [0.2, 0.25) is 0 Å². The summed E-state index contributed by atoms with van der Waals surface area (Å²) >= 11 is 0. The molecule has 0 bridgehead atoms. The summed E-state index contributed by atoms with van der Waals surface area (Å²) in [6.07, 6.45) is -47.2. The lowest BCUT2D eigenvalue weighted by molar-refractivity contribution is -0.411. The topological polar surface area (TPSA) is 534 Å². The average Bonchev–Trinajstić information content (AvgIpc) is 1.45. The molecule has 0 aromatic rings. The van der Waals surface area contributed by atoms with Crippen molar-refractivity contribution in [2.24, 2.45) is 52.3 Å². The summed E-state index contributed by atoms with van der Waals surface area (Å²) in [7, 11) is 1.70. The lowest BCUT2D eigenvalue weighted by atomic mass is 9.44. The van der Waals surface area contributed by atoms with Crippen molar-refractivity contribution in [2.45, 2.75) is 294 Å². The van der Waals surface area contributed by atoms with Crippen LogP contribution in [-0.4, -0.2) is 358 Å². The first kappa shape index (κ1) is 77.7. The monoisotopic (exact) mass is 1420 g/mol. The van der Waals surface area contributed by atoms with Crippen molar-refractivity contribution in [1.29, 1.82) is 0 Å². The molecule has 42 unspecified atom stereocenters. The summed E-state index contributed by atoms with van der Waals surface area (Å²) in [5.41, 5.74) is -0.0763. The largest absolute Gasteiger partial charge is 0.394 e. The summed E-state index contributed by atoms with van der Waals surface area (Å²) in [6, 6.07) is 0. The van der Waals surface area contributed by atoms with Gasteiger partial charge in [-0.2, -0.15) is 0 Å². The molecule has 11 rings (SSSR count). The van der Waals surface area contributed by atoms with E-state index in [1.807, 2.05) is 6.92 Å². The van der Waals surface area contributed by atoms with Crippen LogP contribution in [0, 0.1) is 52.3 Å². The maximum atomic E-state index is 12.1. The van der Waals surface area contributed by atoms with E-state index in [-0.39, 0.29) is 47.2 Å². The van der Waals surface area contributed by atoms with Crippen molar-refractivity contribution in [3.8, 4) is 0 Å². The summed E-state index contributed by atoms with van der Waals surface area (Å²) in [5.74, 6) is 0.917. The van der Waals surface area contributed by atoms with E-state index in [0.717, 1.165) is 38.5 Å². The van der Waals surface area contributed by atoms with Gasteiger partial charge in [0.25, 0.3) is 0 Å². The number of hydrogen-bond donors (Lipinski definition) is 20. The van der Waals surface area contributed by atoms with Gasteiger partial charge in [0.1, 0.15) is 146 Å². The van der Waals surface area contributed by atoms with Gasteiger partial charge in [-0.3, -0.25) is 0 Å². The Morgan fingerprint density at radius 1 is 0.418 bits per heavy atom. The third-order valence-corrected chi connectivity index (χ3v) is 24.6. The van der Waals surface area contributed by atoms with E-state index in [2.05, 4.69) is 20.8 Å². The summed E-state index contributed by atoms with van der Waals surface area (Å²) in [6.45, 7) is 3.96. The van der Waals surface area contributed by atoms with Crippen molar-refractivity contribution in [2.75, 3.05) is 53.4 Å². The van der Waals surface area contributed by atoms with Gasteiger partial charge < -0.3 is 168 Å². The number of rotatable bonds is 23. The Morgan fingerprint density at radius 2 is 0.867 bits per heavy atom. The normalized spacial score (nSPS) is 54.7. The van der Waals surface area contributed by atoms with Crippen LogP contribution in [0.5, 0.6) is 0 Å². The molecule has 34 nitrogen and oxygen atoms in total. The Bertz CT molecular complexity index is 2530. The first-order valence-corrected chi connectivity index (χ1v) is 34.8. The predicted octanol–water partition coefficient (Wildman–Crippen LogP) is -7.65. The zero-order valence-electron chi connectivity index (χ0n) is 55.7. The van der Waals surface area contributed by atoms with Crippen LogP contribution in [0.1, 0.15) is 91.9 Å². The first-order valence-electron chi connectivity index (χ1n) is 34.8. The van der Waals surface area contributed by atoms with E-state index >= 15 is 0 Å². The van der Waals surface area contributed by atoms with Crippen molar-refractivity contribution < 1.29 is 168 Å². The standard InChI is InChI=1S/C64H108O34/c1-23(22-86-56-47(80)43(76)38(71)31(16-65)88-56)8-13-64(85-5)24(2)37-30(98-64)15-29-27-7-6-25-14-26(9-11-62(25,3)28(27)10-12-63(29,37)4)87-57-50(83)46(79)52(36(21-70)93-57)94-61-55(54(42(75)35(20-69)92-61)96-59-49(82)45(78)40(73)33(18-67)90-59)97-60-51(84)53(41(74)34(19-68)91-60)95-58-48(81)44(77)39(72)32(17-66)89-58/h23-61,65-84H,6-22H2,1-5H3. The molecule has 11 aliphatic rings. The SMILES string of the molecule is COC1(CCC(C)COC2OC(CO)C(O)C(O)C2O)OC2CC3C4CCC5CC(OC6OC(CO)C(OC7OC(CO)C(O)C(OC8OC(CO)C(O)C(O)C8O)C7OC7OC(CO)C(O)C(OC8OC(CO)C(O)C(O)C8O)C7O)C(O)C6O)CCC5(C)C4CCC3(C)C2C1C. The van der Waals surface area contributed by atoms with Crippen LogP contribution in [0.3, 0.4) is 0 Å². The molecule has 7 saturated heterocycles. The summed E-state index contributed by atoms with van der Waals surface area (Å²) in [4.78, 5) is 0. The molecule has 0 aromatic heterocycles. The Hall–Kier alpha value is -1.36. The third-order valence-electron chi connectivity index (χ3n) is 24.6. The fourth-order valence-corrected chi connectivity index (χ4v) is 18.9. The third kappa shape index (κ3) is 14.3. The predicted molar refractivity (Wildman–Crippen MR) is 322 cm³/mol. The molecule has 0 radical (unpaired) electrons. The number of methoxy groups -OCH3 is 1. The van der Waals surface area contributed by atoms with Gasteiger partial charge in [0.05, 0.1) is 58.5 Å². The quantitative estimate of drug-likeness (QED) is 0.0423. The zero-order chi connectivity index (χ0) is 70.9. The Balaban J connectivity index is 0.746. The molecule has 4 aliphatic carbocycles. The van der Waals surface area contributed by atoms with Gasteiger partial charge in [0.2, 0.25) is 0 Å². The van der Waals surface area contributed by atoms with Gasteiger partial charge >= 0.3 is 0 Å². The molecule has 34 heteroatoms. The molecule has 20 N–H and O–H groups in total. The summed E-state index contributed by atoms with van der Waals surface area (Å²) < 4.78 is 85.0. The number of fused-ring (bicyclic) bond motifs is 7. The van der Waals surface area contributed by atoms with Crippen molar-refractivity contribution in [3.05, 3.63) is 0 Å². The molecule has 4 saturated carbocycles. The second-order valence-corrected chi connectivity index (χ2v) is 30.1. The van der Waals surface area contributed by atoms with Crippen molar-refractivity contribution in [3.63, 3.8) is 0 Å². The van der Waals surface area contributed by atoms with Crippen molar-refractivity contribution in [1.82, 2.24) is 0 Å². The van der Waals surface area contributed by atoms with Crippen LogP contribution >= 0.6 is 0 Å². The molecule has 0 spiro atoms. The van der Waals surface area contributed by atoms with E-state index < -0.39 is 236 Å². The molecule has 0 amide bonds. The van der Waals surface area contributed by atoms with E-state index in [1.54, 1.807) is 7.11 Å². The highest BCUT2D eigenvalue weighted by molar-refractivity contribution is 5.16. The molecule has 7 aliphatic heterocycles. The Labute approximate surface area is 566 Å². The highest BCUT2D eigenvalue weighted by atomic mass is 16.8.